The first-order chi connectivity index (χ1) is 13.5. The van der Waals surface area contributed by atoms with Crippen molar-refractivity contribution < 1.29 is 17.9 Å². The zero-order chi connectivity index (χ0) is 19.6. The number of ether oxygens (including phenoxy) is 1. The van der Waals surface area contributed by atoms with Crippen molar-refractivity contribution in [3.63, 3.8) is 0 Å². The second kappa shape index (κ2) is 8.35. The average molecular weight is 408 g/mol. The minimum absolute atomic E-state index is 0.261. The molecule has 4 rings (SSSR count). The molecule has 2 aromatic rings. The van der Waals surface area contributed by atoms with E-state index in [4.69, 9.17) is 4.74 Å². The van der Waals surface area contributed by atoms with Crippen LogP contribution in [0.4, 0.5) is 13.2 Å². The number of alkyl halides is 3. The van der Waals surface area contributed by atoms with E-state index in [1.165, 1.54) is 29.6 Å². The number of benzene rings is 2. The van der Waals surface area contributed by atoms with Gasteiger partial charge in [-0.3, -0.25) is 9.62 Å². The highest BCUT2D eigenvalue weighted by atomic mass is 32.2. The number of likely N-dealkylation sites (tertiary alicyclic amines) is 1. The average Bonchev–Trinajstić information content (AvgIpc) is 3.38. The first kappa shape index (κ1) is 19.6. The molecule has 7 heteroatoms. The summed E-state index contributed by atoms with van der Waals surface area (Å²) in [5.41, 5.74) is 0.635. The van der Waals surface area contributed by atoms with Crippen LogP contribution in [0.3, 0.4) is 0 Å². The van der Waals surface area contributed by atoms with Crippen molar-refractivity contribution in [1.82, 2.24) is 9.62 Å². The molecular weight excluding hydrogens is 385 g/mol. The molecule has 0 bridgehead atoms. The third-order valence-electron chi connectivity index (χ3n) is 4.93. The Morgan fingerprint density at radius 2 is 1.86 bits per heavy atom. The number of halogens is 3. The fraction of sp³-hybridized carbons (Fsp3) is 0.429. The molecule has 0 radical (unpaired) electrons. The van der Waals surface area contributed by atoms with Crippen LogP contribution in [0.5, 0.6) is 5.75 Å². The second-order valence-electron chi connectivity index (χ2n) is 7.43. The van der Waals surface area contributed by atoms with E-state index in [1.807, 2.05) is 12.1 Å². The van der Waals surface area contributed by atoms with E-state index < -0.39 is 11.7 Å². The second-order valence-corrected chi connectivity index (χ2v) is 8.34. The summed E-state index contributed by atoms with van der Waals surface area (Å²) in [6.07, 6.45) is -0.606. The zero-order valence-electron chi connectivity index (χ0n) is 15.4. The number of nitrogens with zero attached hydrogens (tertiary/aromatic N) is 1. The Labute approximate surface area is 167 Å². The van der Waals surface area contributed by atoms with Crippen molar-refractivity contribution in [3.8, 4) is 5.75 Å². The quantitative estimate of drug-likeness (QED) is 0.643. The Morgan fingerprint density at radius 1 is 1.07 bits per heavy atom. The summed E-state index contributed by atoms with van der Waals surface area (Å²) in [6.45, 7) is 2.73. The summed E-state index contributed by atoms with van der Waals surface area (Å²) in [5, 5.41) is 0. The Morgan fingerprint density at radius 3 is 2.57 bits per heavy atom. The van der Waals surface area contributed by atoms with Crippen molar-refractivity contribution in [3.05, 3.63) is 59.7 Å². The van der Waals surface area contributed by atoms with Crippen LogP contribution in [-0.2, 0) is 12.7 Å². The lowest BCUT2D eigenvalue weighted by Crippen LogP contribution is -2.28. The minimum Gasteiger partial charge on any atom is -0.490 e. The van der Waals surface area contributed by atoms with Gasteiger partial charge in [0.05, 0.1) is 11.7 Å². The van der Waals surface area contributed by atoms with Crippen molar-refractivity contribution in [1.29, 1.82) is 0 Å². The van der Waals surface area contributed by atoms with Crippen LogP contribution in [-0.4, -0.2) is 30.1 Å². The topological polar surface area (TPSA) is 24.5 Å². The summed E-state index contributed by atoms with van der Waals surface area (Å²) in [7, 11) is 0. The number of nitrogens with one attached hydrogen (secondary N) is 1. The first-order valence-corrected chi connectivity index (χ1v) is 10.3. The molecule has 2 aliphatic rings. The molecule has 0 aromatic heterocycles. The van der Waals surface area contributed by atoms with E-state index in [0.717, 1.165) is 50.7 Å². The third kappa shape index (κ3) is 5.43. The Balaban J connectivity index is 1.24. The van der Waals surface area contributed by atoms with Gasteiger partial charge in [0.15, 0.2) is 0 Å². The maximum atomic E-state index is 12.8. The predicted molar refractivity (Wildman–Crippen MR) is 104 cm³/mol. The molecule has 0 amide bonds. The molecule has 1 saturated carbocycles. The summed E-state index contributed by atoms with van der Waals surface area (Å²) in [5.74, 6) is 0.935. The van der Waals surface area contributed by atoms with Crippen LogP contribution in [0.15, 0.2) is 53.4 Å². The van der Waals surface area contributed by atoms with Gasteiger partial charge in [-0.05, 0) is 67.1 Å². The van der Waals surface area contributed by atoms with Gasteiger partial charge in [-0.15, -0.1) is 0 Å². The Kier molecular flexibility index (Phi) is 5.85. The minimum atomic E-state index is -4.31. The lowest BCUT2D eigenvalue weighted by molar-refractivity contribution is -0.137. The van der Waals surface area contributed by atoms with Crippen LogP contribution in [0.25, 0.3) is 0 Å². The highest BCUT2D eigenvalue weighted by Gasteiger charge is 2.30. The van der Waals surface area contributed by atoms with E-state index >= 15 is 0 Å². The van der Waals surface area contributed by atoms with E-state index in [-0.39, 0.29) is 6.04 Å². The fourth-order valence-corrected chi connectivity index (χ4v) is 4.10. The van der Waals surface area contributed by atoms with E-state index in [1.54, 1.807) is 6.07 Å². The van der Waals surface area contributed by atoms with Gasteiger partial charge in [-0.25, -0.2) is 0 Å². The third-order valence-corrected chi connectivity index (χ3v) is 5.87. The van der Waals surface area contributed by atoms with Crippen LogP contribution in [0, 0.1) is 0 Å². The normalized spacial score (nSPS) is 20.5. The fourth-order valence-electron chi connectivity index (χ4n) is 3.27. The molecule has 1 aliphatic heterocycles. The lowest BCUT2D eigenvalue weighted by atomic mass is 10.2. The summed E-state index contributed by atoms with van der Waals surface area (Å²) >= 11 is 1.28. The van der Waals surface area contributed by atoms with E-state index in [0.29, 0.717) is 11.0 Å². The summed E-state index contributed by atoms with van der Waals surface area (Å²) in [4.78, 5) is 2.95. The Hall–Kier alpha value is -1.70. The number of hydrogen-bond donors (Lipinski definition) is 1. The van der Waals surface area contributed by atoms with Crippen LogP contribution < -0.4 is 9.46 Å². The van der Waals surface area contributed by atoms with Gasteiger partial charge in [0.2, 0.25) is 0 Å². The van der Waals surface area contributed by atoms with Gasteiger partial charge in [0, 0.05) is 30.6 Å². The monoisotopic (exact) mass is 408 g/mol. The van der Waals surface area contributed by atoms with Crippen molar-refractivity contribution >= 4 is 11.9 Å². The number of rotatable bonds is 7. The molecule has 1 atom stereocenters. The summed E-state index contributed by atoms with van der Waals surface area (Å²) in [6, 6.07) is 14.0. The molecule has 2 aromatic carbocycles. The van der Waals surface area contributed by atoms with Gasteiger partial charge in [-0.2, -0.15) is 13.2 Å². The molecule has 2 fully saturated rings. The maximum absolute atomic E-state index is 12.8. The smallest absolute Gasteiger partial charge is 0.416 e. The van der Waals surface area contributed by atoms with E-state index in [2.05, 4.69) is 21.8 Å². The van der Waals surface area contributed by atoms with E-state index in [9.17, 15) is 13.2 Å². The molecular formula is C21H23F3N2OS. The van der Waals surface area contributed by atoms with Crippen molar-refractivity contribution in [2.75, 3.05) is 13.1 Å². The lowest BCUT2D eigenvalue weighted by Gasteiger charge is -2.17. The van der Waals surface area contributed by atoms with Crippen molar-refractivity contribution in [2.45, 2.75) is 49.0 Å². The molecule has 150 valence electrons. The molecule has 28 heavy (non-hydrogen) atoms. The molecule has 1 aliphatic carbocycles. The SMILES string of the molecule is FC(F)(F)c1cccc(SNC2CCN(Cc3ccc(OC4CC4)cc3)C2)c1. The molecule has 1 heterocycles. The first-order valence-electron chi connectivity index (χ1n) is 9.53. The van der Waals surface area contributed by atoms with Gasteiger partial charge >= 0.3 is 6.18 Å². The highest BCUT2D eigenvalue weighted by Crippen LogP contribution is 2.32. The van der Waals surface area contributed by atoms with Crippen LogP contribution >= 0.6 is 11.9 Å². The molecule has 0 spiro atoms. The van der Waals surface area contributed by atoms with Crippen molar-refractivity contribution in [2.24, 2.45) is 0 Å². The van der Waals surface area contributed by atoms with Crippen LogP contribution in [0.1, 0.15) is 30.4 Å². The number of hydrogen-bond acceptors (Lipinski definition) is 4. The zero-order valence-corrected chi connectivity index (χ0v) is 16.2. The van der Waals surface area contributed by atoms with Gasteiger partial charge in [0.1, 0.15) is 5.75 Å². The largest absolute Gasteiger partial charge is 0.490 e. The van der Waals surface area contributed by atoms with Crippen LogP contribution in [0.2, 0.25) is 0 Å². The van der Waals surface area contributed by atoms with Gasteiger partial charge in [-0.1, -0.05) is 18.2 Å². The standard InChI is InChI=1S/C21H23F3N2OS/c22-21(23,24)16-2-1-3-20(12-16)28-25-17-10-11-26(14-17)13-15-4-6-18(7-5-15)27-19-8-9-19/h1-7,12,17,19,25H,8-11,13-14H2. The maximum Gasteiger partial charge on any atom is 0.416 e. The molecule has 3 nitrogen and oxygen atoms in total. The van der Waals surface area contributed by atoms with Gasteiger partial charge in [0.25, 0.3) is 0 Å². The molecule has 1 N–H and O–H groups in total. The Bertz CT molecular complexity index is 793. The molecule has 1 saturated heterocycles. The highest BCUT2D eigenvalue weighted by molar-refractivity contribution is 7.97. The predicted octanol–water partition coefficient (Wildman–Crippen LogP) is 5.12. The van der Waals surface area contributed by atoms with Gasteiger partial charge < -0.3 is 4.74 Å². The summed E-state index contributed by atoms with van der Waals surface area (Å²) < 4.78 is 47.5. The molecule has 1 unspecified atom stereocenters.